The lowest BCUT2D eigenvalue weighted by molar-refractivity contribution is 0.372. The van der Waals surface area contributed by atoms with Gasteiger partial charge in [0, 0.05) is 25.7 Å². The number of rotatable bonds is 9. The maximum atomic E-state index is 12.6. The number of sulfonamides is 1. The Hall–Kier alpha value is -2.39. The van der Waals surface area contributed by atoms with Crippen LogP contribution in [0.25, 0.3) is 0 Å². The van der Waals surface area contributed by atoms with Crippen molar-refractivity contribution in [3.63, 3.8) is 0 Å². The lowest BCUT2D eigenvalue weighted by atomic mass is 10.1. The van der Waals surface area contributed by atoms with Crippen molar-refractivity contribution in [2.24, 2.45) is 4.99 Å². The molecule has 0 unspecified atom stereocenters. The van der Waals surface area contributed by atoms with Gasteiger partial charge in [-0.05, 0) is 44.4 Å². The van der Waals surface area contributed by atoms with Gasteiger partial charge < -0.3 is 15.2 Å². The molecule has 0 spiro atoms. The monoisotopic (exact) mass is 435 g/mol. The molecular formula is C21H33N5O3S. The van der Waals surface area contributed by atoms with Gasteiger partial charge >= 0.3 is 0 Å². The topological polar surface area (TPSA) is 99.8 Å². The van der Waals surface area contributed by atoms with Crippen LogP contribution in [0.5, 0.6) is 0 Å². The molecule has 0 radical (unpaired) electrons. The molecule has 0 bridgehead atoms. The fourth-order valence-electron chi connectivity index (χ4n) is 2.58. The molecule has 2 aromatic rings. The van der Waals surface area contributed by atoms with E-state index in [2.05, 4.69) is 34.6 Å². The highest BCUT2D eigenvalue weighted by Crippen LogP contribution is 2.17. The molecule has 166 valence electrons. The van der Waals surface area contributed by atoms with Crippen molar-refractivity contribution in [2.45, 2.75) is 64.6 Å². The van der Waals surface area contributed by atoms with Gasteiger partial charge in [0.15, 0.2) is 11.7 Å². The number of nitrogens with zero attached hydrogens (tertiary/aromatic N) is 3. The number of benzene rings is 1. The molecule has 0 saturated heterocycles. The van der Waals surface area contributed by atoms with Gasteiger partial charge in [0.1, 0.15) is 0 Å². The zero-order valence-electron chi connectivity index (χ0n) is 18.6. The fourth-order valence-corrected chi connectivity index (χ4v) is 3.95. The molecule has 1 heterocycles. The van der Waals surface area contributed by atoms with E-state index in [9.17, 15) is 8.42 Å². The zero-order chi connectivity index (χ0) is 22.3. The number of guanidine groups is 1. The van der Waals surface area contributed by atoms with Crippen LogP contribution in [-0.4, -0.2) is 43.5 Å². The molecule has 0 aliphatic carbocycles. The number of hydrogen-bond acceptors (Lipinski definition) is 5. The van der Waals surface area contributed by atoms with Gasteiger partial charge in [-0.15, -0.1) is 0 Å². The van der Waals surface area contributed by atoms with E-state index in [0.29, 0.717) is 25.0 Å². The molecule has 0 aliphatic heterocycles. The van der Waals surface area contributed by atoms with Crippen LogP contribution >= 0.6 is 0 Å². The third-order valence-electron chi connectivity index (χ3n) is 4.69. The molecule has 2 N–H and O–H groups in total. The highest BCUT2D eigenvalue weighted by Gasteiger charge is 2.22. The second-order valence-corrected chi connectivity index (χ2v) is 9.68. The van der Waals surface area contributed by atoms with Crippen LogP contribution in [0.3, 0.4) is 0 Å². The van der Waals surface area contributed by atoms with Crippen LogP contribution in [0, 0.1) is 0 Å². The third kappa shape index (κ3) is 6.30. The molecule has 1 aromatic carbocycles. The van der Waals surface area contributed by atoms with Gasteiger partial charge in [0.25, 0.3) is 0 Å². The van der Waals surface area contributed by atoms with Crippen LogP contribution in [0.15, 0.2) is 44.7 Å². The maximum Gasteiger partial charge on any atom is 0.243 e. The summed E-state index contributed by atoms with van der Waals surface area (Å²) in [5.74, 6) is 1.71. The Labute approximate surface area is 179 Å². The molecular weight excluding hydrogens is 402 g/mol. The largest absolute Gasteiger partial charge is 0.359 e. The highest BCUT2D eigenvalue weighted by atomic mass is 32.2. The number of hydrogen-bond donors (Lipinski definition) is 2. The average molecular weight is 436 g/mol. The summed E-state index contributed by atoms with van der Waals surface area (Å²) in [6.07, 6.45) is 0. The molecule has 8 nitrogen and oxygen atoms in total. The molecule has 30 heavy (non-hydrogen) atoms. The van der Waals surface area contributed by atoms with Crippen molar-refractivity contribution in [3.05, 3.63) is 47.3 Å². The van der Waals surface area contributed by atoms with Crippen LogP contribution in [-0.2, 0) is 23.1 Å². The summed E-state index contributed by atoms with van der Waals surface area (Å²) < 4.78 is 31.8. The van der Waals surface area contributed by atoms with Crippen molar-refractivity contribution in [1.82, 2.24) is 20.1 Å². The molecule has 0 saturated carbocycles. The Morgan fingerprint density at radius 1 is 1.17 bits per heavy atom. The predicted octanol–water partition coefficient (Wildman–Crippen LogP) is 3.08. The van der Waals surface area contributed by atoms with Crippen LogP contribution in [0.1, 0.15) is 57.6 Å². The first-order valence-electron chi connectivity index (χ1n) is 10.2. The molecule has 0 atom stereocenters. The zero-order valence-corrected chi connectivity index (χ0v) is 19.5. The van der Waals surface area contributed by atoms with E-state index in [1.165, 1.54) is 4.31 Å². The first-order chi connectivity index (χ1) is 14.1. The van der Waals surface area contributed by atoms with E-state index < -0.39 is 10.0 Å². The third-order valence-corrected chi connectivity index (χ3v) is 6.74. The molecule has 1 aromatic heterocycles. The van der Waals surface area contributed by atoms with E-state index in [1.807, 2.05) is 26.8 Å². The molecule has 0 aliphatic rings. The summed E-state index contributed by atoms with van der Waals surface area (Å²) in [5.41, 5.74) is 1.84. The minimum atomic E-state index is -3.48. The van der Waals surface area contributed by atoms with Gasteiger partial charge in [-0.3, -0.25) is 0 Å². The maximum absolute atomic E-state index is 12.6. The quantitative estimate of drug-likeness (QED) is 0.464. The van der Waals surface area contributed by atoms with Crippen LogP contribution in [0.2, 0.25) is 0 Å². The smallest absolute Gasteiger partial charge is 0.243 e. The minimum Gasteiger partial charge on any atom is -0.359 e. The van der Waals surface area contributed by atoms with E-state index in [-0.39, 0.29) is 10.9 Å². The molecule has 2 rings (SSSR count). The highest BCUT2D eigenvalue weighted by molar-refractivity contribution is 7.89. The number of aliphatic imine (C=N–C) groups is 1. The van der Waals surface area contributed by atoms with Crippen molar-refractivity contribution >= 4 is 16.0 Å². The SMILES string of the molecule is CCNC(=NCc1ccc(S(=O)(=O)N(C)C(C)C)cc1)NCc1cc(C(C)C)no1. The van der Waals surface area contributed by atoms with Crippen molar-refractivity contribution in [2.75, 3.05) is 13.6 Å². The summed E-state index contributed by atoms with van der Waals surface area (Å²) in [6.45, 7) is 11.4. The predicted molar refractivity (Wildman–Crippen MR) is 119 cm³/mol. The first kappa shape index (κ1) is 23.9. The van der Waals surface area contributed by atoms with E-state index in [1.54, 1.807) is 31.3 Å². The van der Waals surface area contributed by atoms with Crippen LogP contribution < -0.4 is 10.6 Å². The first-order valence-corrected chi connectivity index (χ1v) is 11.6. The lowest BCUT2D eigenvalue weighted by Crippen LogP contribution is -2.36. The summed E-state index contributed by atoms with van der Waals surface area (Å²) in [7, 11) is -1.89. The van der Waals surface area contributed by atoms with Gasteiger partial charge in [-0.1, -0.05) is 31.1 Å². The fraction of sp³-hybridized carbons (Fsp3) is 0.524. The Bertz CT molecular complexity index is 934. The normalized spacial score (nSPS) is 12.8. The standard InChI is InChI=1S/C21H33N5O3S/c1-7-22-21(24-14-18-12-20(15(2)3)25-29-18)23-13-17-8-10-19(11-9-17)30(27,28)26(6)16(4)5/h8-12,15-16H,7,13-14H2,1-6H3,(H2,22,23,24). The second kappa shape index (κ2) is 10.6. The summed E-state index contributed by atoms with van der Waals surface area (Å²) >= 11 is 0. The summed E-state index contributed by atoms with van der Waals surface area (Å²) in [5, 5.41) is 10.5. The Morgan fingerprint density at radius 2 is 1.83 bits per heavy atom. The molecule has 0 amide bonds. The Balaban J connectivity index is 2.03. The molecule has 9 heteroatoms. The van der Waals surface area contributed by atoms with Gasteiger partial charge in [-0.2, -0.15) is 4.31 Å². The van der Waals surface area contributed by atoms with Gasteiger partial charge in [0.2, 0.25) is 10.0 Å². The van der Waals surface area contributed by atoms with Crippen molar-refractivity contribution < 1.29 is 12.9 Å². The van der Waals surface area contributed by atoms with Crippen molar-refractivity contribution in [1.29, 1.82) is 0 Å². The Morgan fingerprint density at radius 3 is 2.37 bits per heavy atom. The summed E-state index contributed by atoms with van der Waals surface area (Å²) in [4.78, 5) is 4.85. The number of aromatic nitrogens is 1. The van der Waals surface area contributed by atoms with Crippen LogP contribution in [0.4, 0.5) is 0 Å². The number of nitrogens with one attached hydrogen (secondary N) is 2. The van der Waals surface area contributed by atoms with E-state index in [4.69, 9.17) is 4.52 Å². The van der Waals surface area contributed by atoms with Gasteiger partial charge in [0.05, 0.1) is 23.7 Å². The van der Waals surface area contributed by atoms with Crippen molar-refractivity contribution in [3.8, 4) is 0 Å². The van der Waals surface area contributed by atoms with E-state index in [0.717, 1.165) is 23.6 Å². The minimum absolute atomic E-state index is 0.103. The van der Waals surface area contributed by atoms with E-state index >= 15 is 0 Å². The average Bonchev–Trinajstić information content (AvgIpc) is 3.19. The second-order valence-electron chi connectivity index (χ2n) is 7.68. The van der Waals surface area contributed by atoms with Gasteiger partial charge in [-0.25, -0.2) is 13.4 Å². The molecule has 0 fully saturated rings. The lowest BCUT2D eigenvalue weighted by Gasteiger charge is -2.21. The Kier molecular flexibility index (Phi) is 8.43. The summed E-state index contributed by atoms with van der Waals surface area (Å²) in [6, 6.07) is 8.67.